The van der Waals surface area contributed by atoms with Gasteiger partial charge in [0.25, 0.3) is 0 Å². The average molecular weight is 229 g/mol. The fourth-order valence-electron chi connectivity index (χ4n) is 0.862. The van der Waals surface area contributed by atoms with E-state index in [1.54, 1.807) is 0 Å². The maximum Gasteiger partial charge on any atom is 0.339 e. The lowest BCUT2D eigenvalue weighted by Crippen LogP contribution is -2.05. The Labute approximate surface area is 91.8 Å². The summed E-state index contributed by atoms with van der Waals surface area (Å²) in [5.74, 6) is 1.65. The highest BCUT2D eigenvalue weighted by Gasteiger charge is 2.08. The molecule has 2 nitrogen and oxygen atoms in total. The largest absolute Gasteiger partial charge is 0.449 e. The molecular formula is C10H6Cl2O2. The Bertz CT molecular complexity index is 373. The van der Waals surface area contributed by atoms with Crippen LogP contribution in [0.25, 0.3) is 0 Å². The Morgan fingerprint density at radius 2 is 1.93 bits per heavy atom. The number of ether oxygens (including phenoxy) is 1. The summed E-state index contributed by atoms with van der Waals surface area (Å²) in [6.45, 7) is -0.0665. The van der Waals surface area contributed by atoms with Gasteiger partial charge in [-0.2, -0.15) is 0 Å². The maximum atomic E-state index is 11.3. The summed E-state index contributed by atoms with van der Waals surface area (Å²) in [5, 5.41) is 0.760. The summed E-state index contributed by atoms with van der Waals surface area (Å²) in [7, 11) is 0. The van der Waals surface area contributed by atoms with Crippen molar-refractivity contribution < 1.29 is 9.53 Å². The molecule has 0 saturated carbocycles. The molecule has 0 unspecified atom stereocenters. The molecular weight excluding hydrogens is 223 g/mol. The van der Waals surface area contributed by atoms with E-state index >= 15 is 0 Å². The first kappa shape index (κ1) is 10.9. The van der Waals surface area contributed by atoms with Gasteiger partial charge in [-0.1, -0.05) is 29.1 Å². The van der Waals surface area contributed by atoms with Gasteiger partial charge >= 0.3 is 5.97 Å². The fraction of sp³-hybridized carbons (Fsp3) is 0.100. The molecule has 72 valence electrons. The minimum absolute atomic E-state index is 0.0665. The van der Waals surface area contributed by atoms with Crippen molar-refractivity contribution in [2.24, 2.45) is 0 Å². The van der Waals surface area contributed by atoms with Crippen LogP contribution in [0.3, 0.4) is 0 Å². The van der Waals surface area contributed by atoms with Gasteiger partial charge in [0.1, 0.15) is 0 Å². The van der Waals surface area contributed by atoms with Crippen LogP contribution in [-0.2, 0) is 4.74 Å². The topological polar surface area (TPSA) is 26.3 Å². The second-order valence-electron chi connectivity index (χ2n) is 2.44. The van der Waals surface area contributed by atoms with Crippen LogP contribution in [0.15, 0.2) is 18.2 Å². The summed E-state index contributed by atoms with van der Waals surface area (Å²) in [5.41, 5.74) is 0.290. The van der Waals surface area contributed by atoms with Crippen LogP contribution in [0.1, 0.15) is 10.4 Å². The molecule has 0 bridgehead atoms. The van der Waals surface area contributed by atoms with Gasteiger partial charge in [0, 0.05) is 10.0 Å². The Hall–Kier alpha value is -1.17. The molecule has 1 aromatic rings. The SMILES string of the molecule is C#CCOC(=O)c1cc(Cl)cc(Cl)c1. The second kappa shape index (κ2) is 4.90. The lowest BCUT2D eigenvalue weighted by molar-refractivity contribution is 0.0557. The molecule has 4 heteroatoms. The molecule has 0 aliphatic heterocycles. The first-order valence-corrected chi connectivity index (χ1v) is 4.46. The van der Waals surface area contributed by atoms with Crippen LogP contribution >= 0.6 is 23.2 Å². The van der Waals surface area contributed by atoms with Crippen LogP contribution in [0.2, 0.25) is 10.0 Å². The summed E-state index contributed by atoms with van der Waals surface area (Å²) in [6.07, 6.45) is 4.94. The molecule has 0 amide bonds. The maximum absolute atomic E-state index is 11.3. The van der Waals surface area contributed by atoms with Gasteiger partial charge in [-0.15, -0.1) is 6.42 Å². The smallest absolute Gasteiger partial charge is 0.339 e. The lowest BCUT2D eigenvalue weighted by atomic mass is 10.2. The van der Waals surface area contributed by atoms with E-state index in [-0.39, 0.29) is 12.2 Å². The molecule has 0 radical (unpaired) electrons. The number of benzene rings is 1. The molecule has 0 fully saturated rings. The van der Waals surface area contributed by atoms with Crippen LogP contribution < -0.4 is 0 Å². The highest BCUT2D eigenvalue weighted by atomic mass is 35.5. The predicted molar refractivity (Wildman–Crippen MR) is 55.6 cm³/mol. The molecule has 0 spiro atoms. The van der Waals surface area contributed by atoms with E-state index in [1.807, 2.05) is 0 Å². The Balaban J connectivity index is 2.85. The van der Waals surface area contributed by atoms with Crippen molar-refractivity contribution in [3.05, 3.63) is 33.8 Å². The number of rotatable bonds is 2. The zero-order chi connectivity index (χ0) is 10.6. The van der Waals surface area contributed by atoms with Crippen LogP contribution in [-0.4, -0.2) is 12.6 Å². The van der Waals surface area contributed by atoms with Gasteiger partial charge in [0.2, 0.25) is 0 Å². The van der Waals surface area contributed by atoms with Crippen LogP contribution in [0.4, 0.5) is 0 Å². The quantitative estimate of drug-likeness (QED) is 0.575. The third-order valence-corrected chi connectivity index (χ3v) is 1.82. The zero-order valence-electron chi connectivity index (χ0n) is 7.09. The van der Waals surface area contributed by atoms with Gasteiger partial charge in [-0.05, 0) is 18.2 Å². The molecule has 14 heavy (non-hydrogen) atoms. The normalized spacial score (nSPS) is 9.21. The van der Waals surface area contributed by atoms with E-state index < -0.39 is 5.97 Å². The van der Waals surface area contributed by atoms with Crippen molar-refractivity contribution in [3.8, 4) is 12.3 Å². The highest BCUT2D eigenvalue weighted by molar-refractivity contribution is 6.35. The van der Waals surface area contributed by atoms with E-state index in [9.17, 15) is 4.79 Å². The minimum atomic E-state index is -0.535. The number of carbonyl (C=O) groups excluding carboxylic acids is 1. The molecule has 0 heterocycles. The Morgan fingerprint density at radius 1 is 1.36 bits per heavy atom. The summed E-state index contributed by atoms with van der Waals surface area (Å²) in [6, 6.07) is 4.46. The second-order valence-corrected chi connectivity index (χ2v) is 3.31. The monoisotopic (exact) mass is 228 g/mol. The number of esters is 1. The van der Waals surface area contributed by atoms with Crippen molar-refractivity contribution in [2.45, 2.75) is 0 Å². The first-order chi connectivity index (χ1) is 6.63. The van der Waals surface area contributed by atoms with E-state index in [0.717, 1.165) is 0 Å². The number of halogens is 2. The third kappa shape index (κ3) is 2.95. The molecule has 0 aliphatic rings. The molecule has 1 aromatic carbocycles. The predicted octanol–water partition coefficient (Wildman–Crippen LogP) is 2.78. The van der Waals surface area contributed by atoms with Gasteiger partial charge in [-0.25, -0.2) is 4.79 Å². The highest BCUT2D eigenvalue weighted by Crippen LogP contribution is 2.19. The molecule has 1 rings (SSSR count). The molecule has 0 saturated heterocycles. The van der Waals surface area contributed by atoms with Gasteiger partial charge < -0.3 is 4.74 Å². The van der Waals surface area contributed by atoms with Gasteiger partial charge in [0.15, 0.2) is 6.61 Å². The summed E-state index contributed by atoms with van der Waals surface area (Å²) in [4.78, 5) is 11.3. The Morgan fingerprint density at radius 3 is 2.43 bits per heavy atom. The number of hydrogen-bond donors (Lipinski definition) is 0. The minimum Gasteiger partial charge on any atom is -0.449 e. The fourth-order valence-corrected chi connectivity index (χ4v) is 1.39. The number of carbonyl (C=O) groups is 1. The van der Waals surface area contributed by atoms with Crippen molar-refractivity contribution in [2.75, 3.05) is 6.61 Å². The van der Waals surface area contributed by atoms with E-state index in [2.05, 4.69) is 5.92 Å². The standard InChI is InChI=1S/C10H6Cl2O2/c1-2-3-14-10(13)7-4-8(11)6-9(12)5-7/h1,4-6H,3H2. The van der Waals surface area contributed by atoms with E-state index in [4.69, 9.17) is 34.4 Å². The molecule has 0 aliphatic carbocycles. The number of terminal acetylenes is 1. The van der Waals surface area contributed by atoms with Crippen LogP contribution in [0.5, 0.6) is 0 Å². The molecule has 0 aromatic heterocycles. The molecule has 0 atom stereocenters. The van der Waals surface area contributed by atoms with Crippen molar-refractivity contribution in [1.29, 1.82) is 0 Å². The third-order valence-electron chi connectivity index (χ3n) is 1.38. The van der Waals surface area contributed by atoms with Crippen molar-refractivity contribution >= 4 is 29.2 Å². The first-order valence-electron chi connectivity index (χ1n) is 3.70. The van der Waals surface area contributed by atoms with Crippen LogP contribution in [0, 0.1) is 12.3 Å². The van der Waals surface area contributed by atoms with E-state index in [0.29, 0.717) is 10.0 Å². The lowest BCUT2D eigenvalue weighted by Gasteiger charge is -2.01. The van der Waals surface area contributed by atoms with Crippen molar-refractivity contribution in [3.63, 3.8) is 0 Å². The van der Waals surface area contributed by atoms with Gasteiger partial charge in [0.05, 0.1) is 5.56 Å². The number of hydrogen-bond acceptors (Lipinski definition) is 2. The van der Waals surface area contributed by atoms with E-state index in [1.165, 1.54) is 18.2 Å². The van der Waals surface area contributed by atoms with Crippen molar-refractivity contribution in [1.82, 2.24) is 0 Å². The molecule has 0 N–H and O–H groups in total. The zero-order valence-corrected chi connectivity index (χ0v) is 8.60. The Kier molecular flexibility index (Phi) is 3.82. The average Bonchev–Trinajstić information content (AvgIpc) is 2.12. The summed E-state index contributed by atoms with van der Waals surface area (Å²) >= 11 is 11.4. The van der Waals surface area contributed by atoms with Gasteiger partial charge in [-0.3, -0.25) is 0 Å². The summed E-state index contributed by atoms with van der Waals surface area (Å²) < 4.78 is 4.69.